The number of carbonyl (C=O) groups is 1. The summed E-state index contributed by atoms with van der Waals surface area (Å²) in [6.07, 6.45) is 11.5. The summed E-state index contributed by atoms with van der Waals surface area (Å²) < 4.78 is 11.1. The Hall–Kier alpha value is -1.63. The van der Waals surface area contributed by atoms with E-state index in [9.17, 15) is 35.4 Å². The van der Waals surface area contributed by atoms with Crippen LogP contribution in [0.15, 0.2) is 24.3 Å². The monoisotopic (exact) mass is 681 g/mol. The molecular weight excluding hydrogens is 614 g/mol. The summed E-state index contributed by atoms with van der Waals surface area (Å²) in [7, 11) is 0. The number of amides is 1. The van der Waals surface area contributed by atoms with Gasteiger partial charge in [0, 0.05) is 5.56 Å². The zero-order valence-corrected chi connectivity index (χ0v) is 29.7. The molecule has 8 atom stereocenters. The van der Waals surface area contributed by atoms with Crippen LogP contribution in [0.25, 0.3) is 0 Å². The quantitative estimate of drug-likeness (QED) is 0.0637. The van der Waals surface area contributed by atoms with E-state index in [0.717, 1.165) is 44.1 Å². The van der Waals surface area contributed by atoms with Crippen LogP contribution in [0.2, 0.25) is 0 Å². The molecule has 48 heavy (non-hydrogen) atoms. The Kier molecular flexibility index (Phi) is 22.5. The Morgan fingerprint density at radius 1 is 0.750 bits per heavy atom. The average Bonchev–Trinajstić information content (AvgIpc) is 3.09. The lowest BCUT2D eigenvalue weighted by molar-refractivity contribution is -0.303. The lowest BCUT2D eigenvalue weighted by Crippen LogP contribution is -2.60. The highest BCUT2D eigenvalue weighted by atomic mass is 16.7. The van der Waals surface area contributed by atoms with Crippen molar-refractivity contribution in [3.8, 4) is 0 Å². The predicted octanol–water partition coefficient (Wildman–Crippen LogP) is 4.93. The molecule has 0 radical (unpaired) electrons. The van der Waals surface area contributed by atoms with Gasteiger partial charge in [0.25, 0.3) is 5.91 Å². The molecule has 1 aromatic rings. The third-order valence-corrected chi connectivity index (χ3v) is 9.55. The van der Waals surface area contributed by atoms with Gasteiger partial charge in [0.2, 0.25) is 0 Å². The molecule has 0 unspecified atom stereocenters. The molecule has 1 heterocycles. The van der Waals surface area contributed by atoms with E-state index in [-0.39, 0.29) is 6.61 Å². The fraction of sp³-hybridized carbons (Fsp3) is 0.816. The highest BCUT2D eigenvalue weighted by Crippen LogP contribution is 2.23. The van der Waals surface area contributed by atoms with Crippen LogP contribution in [-0.4, -0.2) is 98.7 Å². The minimum Gasteiger partial charge on any atom is -0.394 e. The normalized spacial score (nSPS) is 23.1. The van der Waals surface area contributed by atoms with Gasteiger partial charge in [0.1, 0.15) is 30.5 Å². The number of aliphatic hydroxyl groups is 6. The van der Waals surface area contributed by atoms with Crippen molar-refractivity contribution in [1.82, 2.24) is 5.32 Å². The van der Waals surface area contributed by atoms with Gasteiger partial charge in [-0.1, -0.05) is 129 Å². The van der Waals surface area contributed by atoms with Gasteiger partial charge < -0.3 is 45.4 Å². The SMILES string of the molecule is CCCCCCCCCCCCCC[C@@H](O)[C@@H](O)[C@H](CO[C@H]1O[C@H](CO)[C@H](O)[C@H](O)[C@H]1O)NC(=O)c1ccc(CCCCCCC)cc1. The first kappa shape index (κ1) is 42.5. The highest BCUT2D eigenvalue weighted by molar-refractivity contribution is 5.94. The number of hydrogen-bond donors (Lipinski definition) is 7. The minimum atomic E-state index is -1.63. The van der Waals surface area contributed by atoms with E-state index in [1.54, 1.807) is 12.1 Å². The Morgan fingerprint density at radius 3 is 1.81 bits per heavy atom. The maximum Gasteiger partial charge on any atom is 0.251 e. The van der Waals surface area contributed by atoms with Crippen LogP contribution in [0, 0.1) is 0 Å². The number of carbonyl (C=O) groups excluding carboxylic acids is 1. The highest BCUT2D eigenvalue weighted by Gasteiger charge is 2.44. The summed E-state index contributed by atoms with van der Waals surface area (Å²) >= 11 is 0. The zero-order chi connectivity index (χ0) is 35.1. The second-order valence-electron chi connectivity index (χ2n) is 13.7. The standard InChI is InChI=1S/C38H67NO9/c1-3-5-7-9-10-11-12-13-14-15-17-19-21-31(41)33(42)30(27-47-38-36(45)35(44)34(43)32(26-40)48-38)39-37(46)29-24-22-28(23-25-29)20-18-16-8-6-4-2/h22-25,30-36,38,40-45H,3-21,26-27H2,1-2H3,(H,39,46)/t30-,31+,32+,33-,34-,35-,36+,38-/m0/s1. The van der Waals surface area contributed by atoms with Crippen LogP contribution in [-0.2, 0) is 15.9 Å². The van der Waals surface area contributed by atoms with Gasteiger partial charge in [-0.2, -0.15) is 0 Å². The van der Waals surface area contributed by atoms with E-state index in [1.807, 2.05) is 12.1 Å². The number of aliphatic hydroxyl groups excluding tert-OH is 6. The van der Waals surface area contributed by atoms with Gasteiger partial charge in [-0.15, -0.1) is 0 Å². The molecular formula is C38H67NO9. The number of ether oxygens (including phenoxy) is 2. The first-order valence-corrected chi connectivity index (χ1v) is 18.9. The first-order chi connectivity index (χ1) is 23.2. The number of rotatable bonds is 27. The second kappa shape index (κ2) is 25.3. The van der Waals surface area contributed by atoms with E-state index in [0.29, 0.717) is 12.0 Å². The molecule has 10 heteroatoms. The second-order valence-corrected chi connectivity index (χ2v) is 13.7. The van der Waals surface area contributed by atoms with E-state index in [1.165, 1.54) is 77.0 Å². The van der Waals surface area contributed by atoms with Gasteiger partial charge in [-0.3, -0.25) is 4.79 Å². The number of unbranched alkanes of at least 4 members (excludes halogenated alkanes) is 15. The smallest absolute Gasteiger partial charge is 0.251 e. The first-order valence-electron chi connectivity index (χ1n) is 18.9. The van der Waals surface area contributed by atoms with Crippen molar-refractivity contribution in [2.45, 2.75) is 185 Å². The molecule has 0 saturated carbocycles. The maximum absolute atomic E-state index is 13.3. The van der Waals surface area contributed by atoms with Crippen molar-refractivity contribution < 1.29 is 44.9 Å². The Balaban J connectivity index is 1.91. The summed E-state index contributed by atoms with van der Waals surface area (Å²) in [6.45, 7) is 3.45. The molecule has 1 amide bonds. The molecule has 1 aliphatic heterocycles. The fourth-order valence-electron chi connectivity index (χ4n) is 6.27. The van der Waals surface area contributed by atoms with Crippen LogP contribution in [0.3, 0.4) is 0 Å². The van der Waals surface area contributed by atoms with E-state index in [4.69, 9.17) is 9.47 Å². The lowest BCUT2D eigenvalue weighted by atomic mass is 9.98. The fourth-order valence-corrected chi connectivity index (χ4v) is 6.27. The maximum atomic E-state index is 13.3. The number of nitrogens with one attached hydrogen (secondary N) is 1. The molecule has 7 N–H and O–H groups in total. The van der Waals surface area contributed by atoms with Crippen molar-refractivity contribution in [1.29, 1.82) is 0 Å². The van der Waals surface area contributed by atoms with Crippen molar-refractivity contribution in [2.75, 3.05) is 13.2 Å². The van der Waals surface area contributed by atoms with Gasteiger partial charge in [0.15, 0.2) is 6.29 Å². The Bertz CT molecular complexity index is 947. The number of hydrogen-bond acceptors (Lipinski definition) is 9. The van der Waals surface area contributed by atoms with Crippen molar-refractivity contribution in [3.05, 3.63) is 35.4 Å². The van der Waals surface area contributed by atoms with Crippen LogP contribution >= 0.6 is 0 Å². The molecule has 2 rings (SSSR count). The largest absolute Gasteiger partial charge is 0.394 e. The Morgan fingerprint density at radius 2 is 1.27 bits per heavy atom. The summed E-state index contributed by atoms with van der Waals surface area (Å²) in [5.41, 5.74) is 1.54. The Labute approximate surface area is 289 Å². The van der Waals surface area contributed by atoms with Crippen LogP contribution < -0.4 is 5.32 Å². The van der Waals surface area contributed by atoms with Crippen LogP contribution in [0.4, 0.5) is 0 Å². The van der Waals surface area contributed by atoms with Crippen LogP contribution in [0.5, 0.6) is 0 Å². The molecule has 1 aromatic carbocycles. The summed E-state index contributed by atoms with van der Waals surface area (Å²) in [4.78, 5) is 13.3. The zero-order valence-electron chi connectivity index (χ0n) is 29.7. The molecule has 1 fully saturated rings. The van der Waals surface area contributed by atoms with E-state index < -0.39 is 61.5 Å². The third kappa shape index (κ3) is 15.9. The van der Waals surface area contributed by atoms with Gasteiger partial charge in [-0.05, 0) is 37.0 Å². The minimum absolute atomic E-state index is 0.345. The molecule has 0 aromatic heterocycles. The van der Waals surface area contributed by atoms with Crippen molar-refractivity contribution in [3.63, 3.8) is 0 Å². The van der Waals surface area contributed by atoms with Crippen molar-refractivity contribution >= 4 is 5.91 Å². The molecule has 278 valence electrons. The molecule has 0 spiro atoms. The molecule has 0 bridgehead atoms. The van der Waals surface area contributed by atoms with Gasteiger partial charge in [-0.25, -0.2) is 0 Å². The average molecular weight is 682 g/mol. The third-order valence-electron chi connectivity index (χ3n) is 9.55. The summed E-state index contributed by atoms with van der Waals surface area (Å²) in [6, 6.07) is 6.25. The summed E-state index contributed by atoms with van der Waals surface area (Å²) in [5, 5.41) is 65.0. The van der Waals surface area contributed by atoms with Crippen LogP contribution in [0.1, 0.15) is 145 Å². The van der Waals surface area contributed by atoms with Gasteiger partial charge >= 0.3 is 0 Å². The van der Waals surface area contributed by atoms with Crippen molar-refractivity contribution in [2.24, 2.45) is 0 Å². The molecule has 1 saturated heterocycles. The molecule has 0 aliphatic carbocycles. The predicted molar refractivity (Wildman–Crippen MR) is 188 cm³/mol. The van der Waals surface area contributed by atoms with E-state index >= 15 is 0 Å². The number of aryl methyl sites for hydroxylation is 1. The number of benzene rings is 1. The van der Waals surface area contributed by atoms with Gasteiger partial charge in [0.05, 0.1) is 25.4 Å². The van der Waals surface area contributed by atoms with E-state index in [2.05, 4.69) is 19.2 Å². The summed E-state index contributed by atoms with van der Waals surface area (Å²) in [5.74, 6) is -0.455. The molecule has 1 aliphatic rings. The topological polar surface area (TPSA) is 169 Å². The molecule has 10 nitrogen and oxygen atoms in total. The lowest BCUT2D eigenvalue weighted by Gasteiger charge is -2.40.